The van der Waals surface area contributed by atoms with Crippen molar-refractivity contribution in [2.24, 2.45) is 0 Å². The Hall–Kier alpha value is -2.65. The molecule has 2 nitrogen and oxygen atoms in total. The molecule has 114 valence electrons. The van der Waals surface area contributed by atoms with Gasteiger partial charge < -0.3 is 5.11 Å². The number of hydrogen-bond acceptors (Lipinski definition) is 2. The van der Waals surface area contributed by atoms with Crippen molar-refractivity contribution < 1.29 is 9.90 Å². The molecule has 3 rings (SSSR count). The highest BCUT2D eigenvalue weighted by Crippen LogP contribution is 2.30. The highest BCUT2D eigenvalue weighted by Gasteiger charge is 2.05. The second-order valence-corrected chi connectivity index (χ2v) is 6.23. The molecular formula is C20H16O2S. The summed E-state index contributed by atoms with van der Waals surface area (Å²) >= 11 is 1.62. The lowest BCUT2D eigenvalue weighted by molar-refractivity contribution is -0.132. The molecule has 0 spiro atoms. The van der Waals surface area contributed by atoms with E-state index < -0.39 is 5.97 Å². The Balaban J connectivity index is 1.85. The first-order valence-corrected chi connectivity index (χ1v) is 8.17. The molecule has 0 saturated carbocycles. The van der Waals surface area contributed by atoms with Crippen molar-refractivity contribution in [3.05, 3.63) is 77.2 Å². The fourth-order valence-corrected chi connectivity index (χ4v) is 3.22. The Labute approximate surface area is 139 Å². The molecule has 1 heterocycles. The maximum Gasteiger partial charge on any atom is 0.331 e. The fraction of sp³-hybridized carbons (Fsp3) is 0.0500. The van der Waals surface area contributed by atoms with E-state index >= 15 is 0 Å². The Morgan fingerprint density at radius 1 is 0.957 bits per heavy atom. The van der Waals surface area contributed by atoms with Gasteiger partial charge in [-0.15, -0.1) is 11.3 Å². The maximum atomic E-state index is 10.9. The number of carbonyl (C=O) groups is 1. The van der Waals surface area contributed by atoms with E-state index in [9.17, 15) is 4.79 Å². The molecule has 0 amide bonds. The lowest BCUT2D eigenvalue weighted by Gasteiger charge is -2.03. The summed E-state index contributed by atoms with van der Waals surface area (Å²) in [5.41, 5.74) is 4.80. The monoisotopic (exact) mass is 320 g/mol. The summed E-state index contributed by atoms with van der Waals surface area (Å²) in [5, 5.41) is 10.9. The molecule has 3 aromatic rings. The molecule has 1 N–H and O–H groups in total. The van der Waals surface area contributed by atoms with Gasteiger partial charge in [-0.25, -0.2) is 4.79 Å². The van der Waals surface area contributed by atoms with E-state index in [0.29, 0.717) is 5.57 Å². The van der Waals surface area contributed by atoms with E-state index in [0.717, 1.165) is 16.0 Å². The van der Waals surface area contributed by atoms with Gasteiger partial charge >= 0.3 is 5.97 Å². The number of carboxylic acid groups (broad SMARTS) is 1. The van der Waals surface area contributed by atoms with Crippen LogP contribution in [-0.4, -0.2) is 11.1 Å². The molecule has 0 fully saturated rings. The standard InChI is InChI=1S/C20H16O2S/c1-14(20(21)22)11-15-12-19(23-13-15)18-9-7-17(8-10-18)16-5-3-2-4-6-16/h2-13H,1H3,(H,21,22). The second-order valence-electron chi connectivity index (χ2n) is 5.32. The van der Waals surface area contributed by atoms with Gasteiger partial charge in [-0.05, 0) is 46.7 Å². The molecule has 1 aromatic heterocycles. The third-order valence-corrected chi connectivity index (χ3v) is 4.61. The fourth-order valence-electron chi connectivity index (χ4n) is 2.35. The van der Waals surface area contributed by atoms with Crippen molar-refractivity contribution >= 4 is 23.4 Å². The van der Waals surface area contributed by atoms with E-state index in [1.54, 1.807) is 24.3 Å². The Kier molecular flexibility index (Phi) is 4.40. The normalized spacial score (nSPS) is 11.4. The van der Waals surface area contributed by atoms with Crippen LogP contribution in [-0.2, 0) is 4.79 Å². The molecule has 0 aliphatic carbocycles. The lowest BCUT2D eigenvalue weighted by Crippen LogP contribution is -1.94. The Morgan fingerprint density at radius 3 is 2.22 bits per heavy atom. The number of rotatable bonds is 4. The third-order valence-electron chi connectivity index (χ3n) is 3.62. The molecule has 23 heavy (non-hydrogen) atoms. The molecule has 0 aliphatic rings. The van der Waals surface area contributed by atoms with Crippen LogP contribution in [0.25, 0.3) is 27.6 Å². The molecule has 2 aromatic carbocycles. The summed E-state index contributed by atoms with van der Waals surface area (Å²) in [6, 6.07) is 20.7. The summed E-state index contributed by atoms with van der Waals surface area (Å²) in [6.07, 6.45) is 1.70. The third kappa shape index (κ3) is 3.58. The van der Waals surface area contributed by atoms with Gasteiger partial charge in [-0.3, -0.25) is 0 Å². The topological polar surface area (TPSA) is 37.3 Å². The molecule has 0 atom stereocenters. The average Bonchev–Trinajstić information content (AvgIpc) is 3.04. The molecule has 3 heteroatoms. The lowest BCUT2D eigenvalue weighted by atomic mass is 10.0. The molecule has 0 saturated heterocycles. The second kappa shape index (κ2) is 6.63. The largest absolute Gasteiger partial charge is 0.478 e. The van der Waals surface area contributed by atoms with Gasteiger partial charge in [0.2, 0.25) is 0 Å². The van der Waals surface area contributed by atoms with Crippen LogP contribution < -0.4 is 0 Å². The van der Waals surface area contributed by atoms with Crippen LogP contribution in [0.2, 0.25) is 0 Å². The van der Waals surface area contributed by atoms with E-state index in [-0.39, 0.29) is 0 Å². The van der Waals surface area contributed by atoms with Gasteiger partial charge in [0.05, 0.1) is 0 Å². The predicted octanol–water partition coefficient (Wildman–Crippen LogP) is 5.57. The SMILES string of the molecule is CC(=Cc1csc(-c2ccc(-c3ccccc3)cc2)c1)C(=O)O. The van der Waals surface area contributed by atoms with E-state index in [1.807, 2.05) is 29.6 Å². The van der Waals surface area contributed by atoms with Crippen molar-refractivity contribution in [3.8, 4) is 21.6 Å². The van der Waals surface area contributed by atoms with Crippen LogP contribution >= 0.6 is 11.3 Å². The highest BCUT2D eigenvalue weighted by atomic mass is 32.1. The van der Waals surface area contributed by atoms with Gasteiger partial charge in [0.15, 0.2) is 0 Å². The van der Waals surface area contributed by atoms with Crippen LogP contribution in [0.5, 0.6) is 0 Å². The number of thiophene rings is 1. The van der Waals surface area contributed by atoms with Crippen molar-refractivity contribution in [1.82, 2.24) is 0 Å². The average molecular weight is 320 g/mol. The van der Waals surface area contributed by atoms with Crippen molar-refractivity contribution in [3.63, 3.8) is 0 Å². The van der Waals surface area contributed by atoms with E-state index in [2.05, 4.69) is 36.4 Å². The summed E-state index contributed by atoms with van der Waals surface area (Å²) in [7, 11) is 0. The summed E-state index contributed by atoms with van der Waals surface area (Å²) < 4.78 is 0. The van der Waals surface area contributed by atoms with Crippen molar-refractivity contribution in [1.29, 1.82) is 0 Å². The first-order chi connectivity index (χ1) is 11.1. The molecule has 0 aliphatic heterocycles. The Morgan fingerprint density at radius 2 is 1.57 bits per heavy atom. The zero-order valence-electron chi connectivity index (χ0n) is 12.7. The summed E-state index contributed by atoms with van der Waals surface area (Å²) in [6.45, 7) is 1.61. The minimum absolute atomic E-state index is 0.341. The number of aliphatic carboxylic acids is 1. The van der Waals surface area contributed by atoms with Crippen molar-refractivity contribution in [2.75, 3.05) is 0 Å². The minimum Gasteiger partial charge on any atom is -0.478 e. The molecular weight excluding hydrogens is 304 g/mol. The van der Waals surface area contributed by atoms with Gasteiger partial charge in [0, 0.05) is 10.5 Å². The van der Waals surface area contributed by atoms with Gasteiger partial charge in [0.1, 0.15) is 0 Å². The summed E-state index contributed by atoms with van der Waals surface area (Å²) in [4.78, 5) is 12.0. The maximum absolute atomic E-state index is 10.9. The zero-order valence-corrected chi connectivity index (χ0v) is 13.5. The molecule has 0 radical (unpaired) electrons. The number of carboxylic acids is 1. The Bertz CT molecular complexity index is 843. The molecule has 0 unspecified atom stereocenters. The minimum atomic E-state index is -0.884. The molecule has 0 bridgehead atoms. The van der Waals surface area contributed by atoms with E-state index in [1.165, 1.54) is 11.1 Å². The number of benzene rings is 2. The number of hydrogen-bond donors (Lipinski definition) is 1. The first kappa shape index (κ1) is 15.3. The van der Waals surface area contributed by atoms with Crippen molar-refractivity contribution in [2.45, 2.75) is 6.92 Å². The van der Waals surface area contributed by atoms with E-state index in [4.69, 9.17) is 5.11 Å². The van der Waals surface area contributed by atoms with Crippen LogP contribution in [0.3, 0.4) is 0 Å². The van der Waals surface area contributed by atoms with Crippen LogP contribution in [0.15, 0.2) is 71.6 Å². The zero-order chi connectivity index (χ0) is 16.2. The summed E-state index contributed by atoms with van der Waals surface area (Å²) in [5.74, 6) is -0.884. The smallest absolute Gasteiger partial charge is 0.331 e. The quantitative estimate of drug-likeness (QED) is 0.638. The van der Waals surface area contributed by atoms with Gasteiger partial charge in [-0.1, -0.05) is 54.6 Å². The van der Waals surface area contributed by atoms with Crippen LogP contribution in [0.4, 0.5) is 0 Å². The van der Waals surface area contributed by atoms with Crippen LogP contribution in [0, 0.1) is 0 Å². The van der Waals surface area contributed by atoms with Gasteiger partial charge in [-0.2, -0.15) is 0 Å². The first-order valence-electron chi connectivity index (χ1n) is 7.29. The highest BCUT2D eigenvalue weighted by molar-refractivity contribution is 7.13. The van der Waals surface area contributed by atoms with Gasteiger partial charge in [0.25, 0.3) is 0 Å². The predicted molar refractivity (Wildman–Crippen MR) is 96.5 cm³/mol. The van der Waals surface area contributed by atoms with Crippen LogP contribution in [0.1, 0.15) is 12.5 Å².